The zero-order valence-corrected chi connectivity index (χ0v) is 9.41. The molecular weight excluding hydrogens is 190 g/mol. The number of hydrogen-bond donors (Lipinski definition) is 2. The molecule has 0 bridgehead atoms. The van der Waals surface area contributed by atoms with Crippen LogP contribution in [0.1, 0.15) is 26.2 Å². The fourth-order valence-corrected chi connectivity index (χ4v) is 1.31. The van der Waals surface area contributed by atoms with Crippen LogP contribution in [-0.2, 0) is 4.74 Å². The topological polar surface area (TPSA) is 41.5 Å². The van der Waals surface area contributed by atoms with Gasteiger partial charge in [-0.05, 0) is 25.2 Å². The summed E-state index contributed by atoms with van der Waals surface area (Å²) in [6.45, 7) is 3.73. The quantitative estimate of drug-likeness (QED) is 0.583. The minimum atomic E-state index is -0.453. The second-order valence-electron chi connectivity index (χ2n) is 4.17. The van der Waals surface area contributed by atoms with Crippen molar-refractivity contribution >= 4 is 0 Å². The summed E-state index contributed by atoms with van der Waals surface area (Å²) in [4.78, 5) is 0. The molecule has 0 amide bonds. The highest BCUT2D eigenvalue weighted by Gasteiger charge is 2.21. The van der Waals surface area contributed by atoms with Crippen LogP contribution in [0.3, 0.4) is 0 Å². The van der Waals surface area contributed by atoms with Crippen LogP contribution in [0.4, 0.5) is 0 Å². The van der Waals surface area contributed by atoms with E-state index in [-0.39, 0.29) is 6.04 Å². The monoisotopic (exact) mass is 211 g/mol. The molecular formula is C12H21NO2. The van der Waals surface area contributed by atoms with Gasteiger partial charge in [-0.3, -0.25) is 0 Å². The van der Waals surface area contributed by atoms with Crippen LogP contribution in [0, 0.1) is 18.3 Å². The first-order valence-electron chi connectivity index (χ1n) is 5.71. The molecule has 1 saturated carbocycles. The second kappa shape index (κ2) is 6.84. The first kappa shape index (κ1) is 12.5. The van der Waals surface area contributed by atoms with Crippen LogP contribution >= 0.6 is 0 Å². The van der Waals surface area contributed by atoms with Gasteiger partial charge in [-0.1, -0.05) is 12.8 Å². The molecule has 0 aromatic heterocycles. The Hall–Kier alpha value is -0.560. The Labute approximate surface area is 92.2 Å². The largest absolute Gasteiger partial charge is 0.389 e. The van der Waals surface area contributed by atoms with Gasteiger partial charge >= 0.3 is 0 Å². The van der Waals surface area contributed by atoms with Crippen LogP contribution < -0.4 is 5.32 Å². The average Bonchev–Trinajstić information content (AvgIpc) is 3.03. The smallest absolute Gasteiger partial charge is 0.0898 e. The third kappa shape index (κ3) is 5.78. The molecule has 3 heteroatoms. The van der Waals surface area contributed by atoms with Gasteiger partial charge in [-0.25, -0.2) is 0 Å². The molecule has 0 aliphatic heterocycles. The van der Waals surface area contributed by atoms with Gasteiger partial charge in [0, 0.05) is 13.2 Å². The summed E-state index contributed by atoms with van der Waals surface area (Å²) < 4.78 is 5.38. The van der Waals surface area contributed by atoms with Gasteiger partial charge in [0.25, 0.3) is 0 Å². The predicted octanol–water partition coefficient (Wildman–Crippen LogP) is 0.775. The number of rotatable bonds is 8. The van der Waals surface area contributed by atoms with Gasteiger partial charge in [-0.2, -0.15) is 0 Å². The standard InChI is InChI=1S/C12H21NO2/c1-3-11(4-2)13-7-12(14)9-15-8-10-5-6-10/h1,10-14H,4-9H2,2H3. The summed E-state index contributed by atoms with van der Waals surface area (Å²) in [6, 6.07) is 0.0584. The molecule has 0 aromatic carbocycles. The first-order chi connectivity index (χ1) is 7.26. The predicted molar refractivity (Wildman–Crippen MR) is 60.5 cm³/mol. The van der Waals surface area contributed by atoms with Crippen LogP contribution in [0.2, 0.25) is 0 Å². The van der Waals surface area contributed by atoms with Crippen molar-refractivity contribution in [2.24, 2.45) is 5.92 Å². The third-order valence-electron chi connectivity index (χ3n) is 2.57. The number of aliphatic hydroxyl groups excluding tert-OH is 1. The maximum atomic E-state index is 9.57. The fraction of sp³-hybridized carbons (Fsp3) is 0.833. The second-order valence-corrected chi connectivity index (χ2v) is 4.17. The Bertz CT molecular complexity index is 208. The van der Waals surface area contributed by atoms with E-state index in [1.54, 1.807) is 0 Å². The summed E-state index contributed by atoms with van der Waals surface area (Å²) in [7, 11) is 0. The van der Waals surface area contributed by atoms with E-state index in [9.17, 15) is 5.11 Å². The molecule has 2 atom stereocenters. The Morgan fingerprint density at radius 2 is 2.33 bits per heavy atom. The van der Waals surface area contributed by atoms with E-state index in [2.05, 4.69) is 11.2 Å². The van der Waals surface area contributed by atoms with Gasteiger partial charge in [0.2, 0.25) is 0 Å². The Kier molecular flexibility index (Phi) is 5.70. The zero-order chi connectivity index (χ0) is 11.1. The zero-order valence-electron chi connectivity index (χ0n) is 9.41. The van der Waals surface area contributed by atoms with E-state index < -0.39 is 6.10 Å². The summed E-state index contributed by atoms with van der Waals surface area (Å²) >= 11 is 0. The minimum absolute atomic E-state index is 0.0584. The van der Waals surface area contributed by atoms with Crippen molar-refractivity contribution < 1.29 is 9.84 Å². The minimum Gasteiger partial charge on any atom is -0.389 e. The van der Waals surface area contributed by atoms with Crippen molar-refractivity contribution in [3.63, 3.8) is 0 Å². The van der Waals surface area contributed by atoms with Gasteiger partial charge < -0.3 is 15.2 Å². The molecule has 0 radical (unpaired) electrons. The van der Waals surface area contributed by atoms with Gasteiger partial charge in [-0.15, -0.1) is 6.42 Å². The van der Waals surface area contributed by atoms with Crippen LogP contribution in [0.25, 0.3) is 0 Å². The van der Waals surface area contributed by atoms with Crippen LogP contribution in [-0.4, -0.2) is 37.0 Å². The van der Waals surface area contributed by atoms with Crippen molar-refractivity contribution in [2.45, 2.75) is 38.3 Å². The highest BCUT2D eigenvalue weighted by molar-refractivity contribution is 4.97. The normalized spacial score (nSPS) is 19.5. The summed E-state index contributed by atoms with van der Waals surface area (Å²) in [5.74, 6) is 3.38. The van der Waals surface area contributed by atoms with Crippen LogP contribution in [0.5, 0.6) is 0 Å². The summed E-state index contributed by atoms with van der Waals surface area (Å²) in [6.07, 6.45) is 8.28. The number of terminal acetylenes is 1. The van der Waals surface area contributed by atoms with Crippen molar-refractivity contribution in [1.29, 1.82) is 0 Å². The summed E-state index contributed by atoms with van der Waals surface area (Å²) in [5, 5.41) is 12.7. The molecule has 1 fully saturated rings. The number of ether oxygens (including phenoxy) is 1. The molecule has 86 valence electrons. The lowest BCUT2D eigenvalue weighted by Gasteiger charge is -2.15. The van der Waals surface area contributed by atoms with Gasteiger partial charge in [0.1, 0.15) is 0 Å². The van der Waals surface area contributed by atoms with Crippen molar-refractivity contribution in [2.75, 3.05) is 19.8 Å². The first-order valence-corrected chi connectivity index (χ1v) is 5.71. The molecule has 2 N–H and O–H groups in total. The number of aliphatic hydroxyl groups is 1. The number of hydrogen-bond acceptors (Lipinski definition) is 3. The van der Waals surface area contributed by atoms with Crippen molar-refractivity contribution in [1.82, 2.24) is 5.32 Å². The summed E-state index contributed by atoms with van der Waals surface area (Å²) in [5.41, 5.74) is 0. The van der Waals surface area contributed by atoms with Crippen molar-refractivity contribution in [3.8, 4) is 12.3 Å². The third-order valence-corrected chi connectivity index (χ3v) is 2.57. The Morgan fingerprint density at radius 3 is 2.87 bits per heavy atom. The van der Waals surface area contributed by atoms with E-state index in [4.69, 9.17) is 11.2 Å². The molecule has 0 spiro atoms. The Balaban J connectivity index is 1.96. The van der Waals surface area contributed by atoms with Gasteiger partial charge in [0.15, 0.2) is 0 Å². The lowest BCUT2D eigenvalue weighted by atomic mass is 10.2. The molecule has 1 aliphatic rings. The van der Waals surface area contributed by atoms with Crippen LogP contribution in [0.15, 0.2) is 0 Å². The SMILES string of the molecule is C#CC(CC)NCC(O)COCC1CC1. The molecule has 15 heavy (non-hydrogen) atoms. The van der Waals surface area contributed by atoms with E-state index >= 15 is 0 Å². The van der Waals surface area contributed by atoms with E-state index in [0.717, 1.165) is 18.9 Å². The molecule has 0 aromatic rings. The highest BCUT2D eigenvalue weighted by atomic mass is 16.5. The lowest BCUT2D eigenvalue weighted by molar-refractivity contribution is 0.0319. The van der Waals surface area contributed by atoms with E-state index in [1.165, 1.54) is 12.8 Å². The highest BCUT2D eigenvalue weighted by Crippen LogP contribution is 2.28. The van der Waals surface area contributed by atoms with E-state index in [0.29, 0.717) is 13.2 Å². The molecule has 1 rings (SSSR count). The van der Waals surface area contributed by atoms with Crippen molar-refractivity contribution in [3.05, 3.63) is 0 Å². The Morgan fingerprint density at radius 1 is 1.60 bits per heavy atom. The van der Waals surface area contributed by atoms with E-state index in [1.807, 2.05) is 6.92 Å². The lowest BCUT2D eigenvalue weighted by Crippen LogP contribution is -2.36. The molecule has 2 unspecified atom stereocenters. The van der Waals surface area contributed by atoms with Gasteiger partial charge in [0.05, 0.1) is 18.8 Å². The average molecular weight is 211 g/mol. The number of nitrogens with one attached hydrogen (secondary N) is 1. The molecule has 3 nitrogen and oxygen atoms in total. The molecule has 0 heterocycles. The fourth-order valence-electron chi connectivity index (χ4n) is 1.31. The molecule has 0 saturated heterocycles. The maximum absolute atomic E-state index is 9.57. The maximum Gasteiger partial charge on any atom is 0.0898 e. The molecule has 1 aliphatic carbocycles.